The Morgan fingerprint density at radius 1 is 1.33 bits per heavy atom. The lowest BCUT2D eigenvalue weighted by molar-refractivity contribution is 0.0697. The molecule has 0 saturated carbocycles. The summed E-state index contributed by atoms with van der Waals surface area (Å²) in [6.45, 7) is 4.11. The van der Waals surface area contributed by atoms with Crippen LogP contribution < -0.4 is 5.73 Å². The minimum Gasteiger partial charge on any atom is -0.478 e. The molecule has 0 atom stereocenters. The van der Waals surface area contributed by atoms with Gasteiger partial charge >= 0.3 is 5.97 Å². The summed E-state index contributed by atoms with van der Waals surface area (Å²) in [4.78, 5) is 10.7. The van der Waals surface area contributed by atoms with E-state index in [1.165, 1.54) is 16.4 Å². The fourth-order valence-electron chi connectivity index (χ4n) is 1.62. The molecule has 0 radical (unpaired) electrons. The van der Waals surface area contributed by atoms with Crippen molar-refractivity contribution in [3.8, 4) is 0 Å². The van der Waals surface area contributed by atoms with Crippen molar-refractivity contribution >= 4 is 21.7 Å². The molecule has 0 unspecified atom stereocenters. The van der Waals surface area contributed by atoms with E-state index < -0.39 is 16.0 Å². The summed E-state index contributed by atoms with van der Waals surface area (Å²) in [6.07, 6.45) is 0. The molecular weight excluding hydrogens is 256 g/mol. The van der Waals surface area contributed by atoms with E-state index in [2.05, 4.69) is 0 Å². The van der Waals surface area contributed by atoms with Crippen LogP contribution in [0.15, 0.2) is 23.1 Å². The summed E-state index contributed by atoms with van der Waals surface area (Å²) in [7, 11) is -3.66. The zero-order chi connectivity index (χ0) is 13.9. The molecule has 0 saturated heterocycles. The topological polar surface area (TPSA) is 101 Å². The predicted octanol–water partition coefficient (Wildman–Crippen LogP) is 0.998. The number of aromatic carboxylic acids is 1. The van der Waals surface area contributed by atoms with Gasteiger partial charge in [-0.3, -0.25) is 0 Å². The Hall–Kier alpha value is -1.60. The molecule has 0 bridgehead atoms. The standard InChI is InChI=1S/C11H16N2O4S/c1-3-13(4-2)18(16,17)10-6-5-8(11(14)15)7-9(10)12/h5-7H,3-4,12H2,1-2H3,(H,14,15). The Bertz CT molecular complexity index is 550. The largest absolute Gasteiger partial charge is 0.478 e. The molecule has 1 aromatic carbocycles. The third-order valence-electron chi connectivity index (χ3n) is 2.58. The minimum absolute atomic E-state index is 0.0361. The lowest BCUT2D eigenvalue weighted by Crippen LogP contribution is -2.31. The Balaban J connectivity index is 3.30. The van der Waals surface area contributed by atoms with Gasteiger partial charge in [0.25, 0.3) is 0 Å². The van der Waals surface area contributed by atoms with E-state index in [1.54, 1.807) is 13.8 Å². The van der Waals surface area contributed by atoms with Gasteiger partial charge in [0, 0.05) is 13.1 Å². The number of hydrogen-bond acceptors (Lipinski definition) is 4. The maximum Gasteiger partial charge on any atom is 0.335 e. The van der Waals surface area contributed by atoms with Crippen molar-refractivity contribution in [3.05, 3.63) is 23.8 Å². The number of hydrogen-bond donors (Lipinski definition) is 2. The summed E-state index contributed by atoms with van der Waals surface area (Å²) >= 11 is 0. The molecule has 0 aromatic heterocycles. The monoisotopic (exact) mass is 272 g/mol. The molecule has 0 amide bonds. The van der Waals surface area contributed by atoms with E-state index in [0.717, 1.165) is 6.07 Å². The fourth-order valence-corrected chi connectivity index (χ4v) is 3.17. The number of nitrogen functional groups attached to an aromatic ring is 1. The van der Waals surface area contributed by atoms with Crippen LogP contribution in [0.1, 0.15) is 24.2 Å². The minimum atomic E-state index is -3.66. The fraction of sp³-hybridized carbons (Fsp3) is 0.364. The van der Waals surface area contributed by atoms with Crippen LogP contribution in [0, 0.1) is 0 Å². The van der Waals surface area contributed by atoms with Gasteiger partial charge in [-0.15, -0.1) is 0 Å². The zero-order valence-corrected chi connectivity index (χ0v) is 11.1. The number of carboxylic acids is 1. The van der Waals surface area contributed by atoms with E-state index in [4.69, 9.17) is 10.8 Å². The van der Waals surface area contributed by atoms with Gasteiger partial charge in [-0.2, -0.15) is 4.31 Å². The quantitative estimate of drug-likeness (QED) is 0.779. The molecule has 0 aliphatic carbocycles. The van der Waals surface area contributed by atoms with Crippen LogP contribution in [-0.2, 0) is 10.0 Å². The van der Waals surface area contributed by atoms with Gasteiger partial charge in [0.05, 0.1) is 11.3 Å². The summed E-state index contributed by atoms with van der Waals surface area (Å²) < 4.78 is 25.7. The Morgan fingerprint density at radius 2 is 1.89 bits per heavy atom. The molecule has 0 fully saturated rings. The molecule has 1 rings (SSSR count). The van der Waals surface area contributed by atoms with Crippen LogP contribution >= 0.6 is 0 Å². The molecule has 0 aliphatic heterocycles. The van der Waals surface area contributed by atoms with Crippen molar-refractivity contribution in [2.45, 2.75) is 18.7 Å². The second-order valence-electron chi connectivity index (χ2n) is 3.65. The van der Waals surface area contributed by atoms with Crippen LogP contribution in [-0.4, -0.2) is 36.9 Å². The first-order valence-electron chi connectivity index (χ1n) is 5.47. The summed E-state index contributed by atoms with van der Waals surface area (Å²) in [5.41, 5.74) is 5.53. The van der Waals surface area contributed by atoms with Crippen molar-refractivity contribution in [1.29, 1.82) is 0 Å². The van der Waals surface area contributed by atoms with Crippen LogP contribution in [0.25, 0.3) is 0 Å². The highest BCUT2D eigenvalue weighted by Crippen LogP contribution is 2.23. The molecule has 0 spiro atoms. The predicted molar refractivity (Wildman–Crippen MR) is 67.9 cm³/mol. The van der Waals surface area contributed by atoms with Crippen molar-refractivity contribution in [1.82, 2.24) is 4.31 Å². The van der Waals surface area contributed by atoms with E-state index in [9.17, 15) is 13.2 Å². The lowest BCUT2D eigenvalue weighted by Gasteiger charge is -2.19. The summed E-state index contributed by atoms with van der Waals surface area (Å²) in [5, 5.41) is 8.79. The van der Waals surface area contributed by atoms with Crippen molar-refractivity contribution in [3.63, 3.8) is 0 Å². The van der Waals surface area contributed by atoms with Gasteiger partial charge in [-0.05, 0) is 18.2 Å². The van der Waals surface area contributed by atoms with Crippen LogP contribution in [0.3, 0.4) is 0 Å². The molecule has 1 aromatic rings. The maximum absolute atomic E-state index is 12.2. The first-order valence-corrected chi connectivity index (χ1v) is 6.91. The Kier molecular flexibility index (Phi) is 4.31. The van der Waals surface area contributed by atoms with Gasteiger partial charge in [-0.25, -0.2) is 13.2 Å². The summed E-state index contributed by atoms with van der Waals surface area (Å²) in [5.74, 6) is -1.14. The van der Waals surface area contributed by atoms with Crippen molar-refractivity contribution in [2.24, 2.45) is 0 Å². The maximum atomic E-state index is 12.2. The van der Waals surface area contributed by atoms with Gasteiger partial charge in [0.15, 0.2) is 0 Å². The molecular formula is C11H16N2O4S. The second kappa shape index (κ2) is 5.36. The number of nitrogens with two attached hydrogens (primary N) is 1. The number of rotatable bonds is 5. The average Bonchev–Trinajstić information content (AvgIpc) is 2.29. The van der Waals surface area contributed by atoms with Crippen molar-refractivity contribution in [2.75, 3.05) is 18.8 Å². The zero-order valence-electron chi connectivity index (χ0n) is 10.3. The van der Waals surface area contributed by atoms with E-state index in [1.807, 2.05) is 0 Å². The first-order chi connectivity index (χ1) is 8.34. The average molecular weight is 272 g/mol. The van der Waals surface area contributed by atoms with E-state index >= 15 is 0 Å². The number of carboxylic acid groups (broad SMARTS) is 1. The Morgan fingerprint density at radius 3 is 2.28 bits per heavy atom. The molecule has 3 N–H and O–H groups in total. The number of anilines is 1. The number of nitrogens with zero attached hydrogens (tertiary/aromatic N) is 1. The Labute approximate surface area is 106 Å². The van der Waals surface area contributed by atoms with E-state index in [-0.39, 0.29) is 16.1 Å². The van der Waals surface area contributed by atoms with Crippen LogP contribution in [0.5, 0.6) is 0 Å². The third kappa shape index (κ3) is 2.62. The van der Waals surface area contributed by atoms with E-state index in [0.29, 0.717) is 13.1 Å². The molecule has 100 valence electrons. The highest BCUT2D eigenvalue weighted by Gasteiger charge is 2.24. The molecule has 0 aliphatic rings. The second-order valence-corrected chi connectivity index (χ2v) is 5.55. The third-order valence-corrected chi connectivity index (χ3v) is 4.70. The SMILES string of the molecule is CCN(CC)S(=O)(=O)c1ccc(C(=O)O)cc1N. The summed E-state index contributed by atoms with van der Waals surface area (Å²) in [6, 6.07) is 3.61. The first kappa shape index (κ1) is 14.5. The number of sulfonamides is 1. The van der Waals surface area contributed by atoms with Gasteiger partial charge in [0.2, 0.25) is 10.0 Å². The lowest BCUT2D eigenvalue weighted by atomic mass is 10.2. The van der Waals surface area contributed by atoms with Crippen molar-refractivity contribution < 1.29 is 18.3 Å². The number of carbonyl (C=O) groups is 1. The highest BCUT2D eigenvalue weighted by molar-refractivity contribution is 7.89. The molecule has 18 heavy (non-hydrogen) atoms. The van der Waals surface area contributed by atoms with Crippen LogP contribution in [0.2, 0.25) is 0 Å². The smallest absolute Gasteiger partial charge is 0.335 e. The molecule has 6 nitrogen and oxygen atoms in total. The van der Waals surface area contributed by atoms with Gasteiger partial charge in [-0.1, -0.05) is 13.8 Å². The molecule has 0 heterocycles. The molecule has 7 heteroatoms. The van der Waals surface area contributed by atoms with Crippen LogP contribution in [0.4, 0.5) is 5.69 Å². The normalized spacial score (nSPS) is 11.7. The highest BCUT2D eigenvalue weighted by atomic mass is 32.2. The van der Waals surface area contributed by atoms with Gasteiger partial charge < -0.3 is 10.8 Å². The van der Waals surface area contributed by atoms with Gasteiger partial charge in [0.1, 0.15) is 4.90 Å². The number of benzene rings is 1.